The number of ether oxygens (including phenoxy) is 2. The summed E-state index contributed by atoms with van der Waals surface area (Å²) in [5.74, 6) is 0.226. The lowest BCUT2D eigenvalue weighted by molar-refractivity contribution is -0.00949. The molecular weight excluding hydrogens is 275 g/mol. The third-order valence-corrected chi connectivity index (χ3v) is 3.92. The van der Waals surface area contributed by atoms with Crippen molar-refractivity contribution in [2.75, 3.05) is 19.8 Å². The fourth-order valence-electron chi connectivity index (χ4n) is 2.68. The van der Waals surface area contributed by atoms with E-state index in [2.05, 4.69) is 10.1 Å². The van der Waals surface area contributed by atoms with Crippen LogP contribution in [0, 0.1) is 5.82 Å². The first-order chi connectivity index (χ1) is 10.3. The molecule has 1 aliphatic heterocycles. The van der Waals surface area contributed by atoms with Gasteiger partial charge < -0.3 is 14.0 Å². The molecule has 0 bridgehead atoms. The van der Waals surface area contributed by atoms with Gasteiger partial charge in [0.25, 0.3) is 5.89 Å². The van der Waals surface area contributed by atoms with Crippen LogP contribution in [0.1, 0.15) is 24.3 Å². The smallest absolute Gasteiger partial charge is 0.252 e. The molecule has 1 aromatic carbocycles. The predicted molar refractivity (Wildman–Crippen MR) is 72.1 cm³/mol. The van der Waals surface area contributed by atoms with Crippen molar-refractivity contribution in [3.63, 3.8) is 0 Å². The third kappa shape index (κ3) is 3.28. The van der Waals surface area contributed by atoms with E-state index in [1.54, 1.807) is 0 Å². The van der Waals surface area contributed by atoms with Crippen molar-refractivity contribution in [2.45, 2.75) is 24.9 Å². The quantitative estimate of drug-likeness (QED) is 0.847. The van der Waals surface area contributed by atoms with Crippen LogP contribution in [0.25, 0.3) is 0 Å². The first-order valence-corrected chi connectivity index (χ1v) is 6.96. The molecule has 0 saturated carbocycles. The molecule has 112 valence electrons. The van der Waals surface area contributed by atoms with Gasteiger partial charge >= 0.3 is 0 Å². The molecule has 1 saturated heterocycles. The molecule has 0 amide bonds. The average Bonchev–Trinajstić information content (AvgIpc) is 3.02. The Bertz CT molecular complexity index is 551. The molecule has 0 N–H and O–H groups in total. The second kappa shape index (κ2) is 6.32. The van der Waals surface area contributed by atoms with Gasteiger partial charge in [0.15, 0.2) is 6.33 Å². The minimum absolute atomic E-state index is 0.147. The Morgan fingerprint density at radius 1 is 1.19 bits per heavy atom. The Labute approximate surface area is 122 Å². The number of hydrogen-bond donors (Lipinski definition) is 0. The topological polar surface area (TPSA) is 57.4 Å². The van der Waals surface area contributed by atoms with Crippen LogP contribution in [0.3, 0.4) is 0 Å². The molecule has 1 aliphatic rings. The van der Waals surface area contributed by atoms with Crippen molar-refractivity contribution >= 4 is 0 Å². The van der Waals surface area contributed by atoms with E-state index in [-0.39, 0.29) is 17.8 Å². The molecule has 0 unspecified atom stereocenters. The van der Waals surface area contributed by atoms with Gasteiger partial charge in [0.2, 0.25) is 0 Å². The highest BCUT2D eigenvalue weighted by Gasteiger charge is 2.35. The summed E-state index contributed by atoms with van der Waals surface area (Å²) in [5, 5.41) is 3.55. The van der Waals surface area contributed by atoms with Gasteiger partial charge in [-0.2, -0.15) is 4.98 Å². The van der Waals surface area contributed by atoms with E-state index < -0.39 is 0 Å². The molecule has 1 aromatic heterocycles. The fourth-order valence-corrected chi connectivity index (χ4v) is 2.68. The van der Waals surface area contributed by atoms with Gasteiger partial charge in [-0.3, -0.25) is 0 Å². The molecule has 5 nitrogen and oxygen atoms in total. The zero-order valence-corrected chi connectivity index (χ0v) is 11.6. The van der Waals surface area contributed by atoms with Gasteiger partial charge in [-0.05, 0) is 30.5 Å². The molecule has 6 heteroatoms. The lowest BCUT2D eigenvalue weighted by atomic mass is 9.75. The number of halogens is 1. The third-order valence-electron chi connectivity index (χ3n) is 3.92. The standard InChI is InChI=1S/C15H17FN2O3/c16-13-3-1-12(2-4-13)15(5-7-19-8-6-15)10-20-9-14-17-11-18-21-14/h1-4,11H,5-10H2. The van der Waals surface area contributed by atoms with Crippen molar-refractivity contribution in [3.8, 4) is 0 Å². The minimum Gasteiger partial charge on any atom is -0.381 e. The van der Waals surface area contributed by atoms with E-state index >= 15 is 0 Å². The van der Waals surface area contributed by atoms with Crippen LogP contribution in [0.4, 0.5) is 4.39 Å². The Kier molecular flexibility index (Phi) is 4.26. The van der Waals surface area contributed by atoms with Crippen molar-refractivity contribution < 1.29 is 18.4 Å². The Morgan fingerprint density at radius 2 is 1.95 bits per heavy atom. The second-order valence-corrected chi connectivity index (χ2v) is 5.23. The van der Waals surface area contributed by atoms with Crippen LogP contribution in [-0.2, 0) is 21.5 Å². The number of hydrogen-bond acceptors (Lipinski definition) is 5. The fraction of sp³-hybridized carbons (Fsp3) is 0.467. The Morgan fingerprint density at radius 3 is 2.62 bits per heavy atom. The Balaban J connectivity index is 1.71. The number of rotatable bonds is 5. The lowest BCUT2D eigenvalue weighted by Gasteiger charge is -2.37. The summed E-state index contributed by atoms with van der Waals surface area (Å²) in [6.07, 6.45) is 3.05. The van der Waals surface area contributed by atoms with Crippen LogP contribution in [-0.4, -0.2) is 30.0 Å². The summed E-state index contributed by atoms with van der Waals surface area (Å²) in [4.78, 5) is 3.93. The molecule has 2 aromatic rings. The van der Waals surface area contributed by atoms with Crippen LogP contribution in [0.15, 0.2) is 35.1 Å². The maximum absolute atomic E-state index is 13.1. The highest BCUT2D eigenvalue weighted by molar-refractivity contribution is 5.26. The van der Waals surface area contributed by atoms with Gasteiger partial charge in [0, 0.05) is 18.6 Å². The van der Waals surface area contributed by atoms with Gasteiger partial charge in [-0.25, -0.2) is 4.39 Å². The van der Waals surface area contributed by atoms with E-state index in [1.807, 2.05) is 12.1 Å². The highest BCUT2D eigenvalue weighted by Crippen LogP contribution is 2.35. The Hall–Kier alpha value is -1.79. The zero-order valence-electron chi connectivity index (χ0n) is 11.6. The molecule has 0 aliphatic carbocycles. The van der Waals surface area contributed by atoms with E-state index in [9.17, 15) is 4.39 Å². The van der Waals surface area contributed by atoms with Gasteiger partial charge in [0.05, 0.1) is 6.61 Å². The lowest BCUT2D eigenvalue weighted by Crippen LogP contribution is -2.38. The monoisotopic (exact) mass is 292 g/mol. The van der Waals surface area contributed by atoms with Crippen molar-refractivity contribution in [1.82, 2.24) is 10.1 Å². The molecule has 1 fully saturated rings. The number of aromatic nitrogens is 2. The largest absolute Gasteiger partial charge is 0.381 e. The molecule has 0 radical (unpaired) electrons. The van der Waals surface area contributed by atoms with Crippen LogP contribution < -0.4 is 0 Å². The normalized spacial score (nSPS) is 17.8. The van der Waals surface area contributed by atoms with Crippen molar-refractivity contribution in [1.29, 1.82) is 0 Å². The minimum atomic E-state index is -0.229. The van der Waals surface area contributed by atoms with E-state index in [0.29, 0.717) is 25.7 Å². The molecule has 3 rings (SSSR count). The van der Waals surface area contributed by atoms with E-state index in [1.165, 1.54) is 18.5 Å². The molecular formula is C15H17FN2O3. The van der Waals surface area contributed by atoms with Crippen LogP contribution in [0.2, 0.25) is 0 Å². The van der Waals surface area contributed by atoms with Gasteiger partial charge in [-0.15, -0.1) is 0 Å². The summed E-state index contributed by atoms with van der Waals surface area (Å²) < 4.78 is 29.3. The molecule has 2 heterocycles. The summed E-state index contributed by atoms with van der Waals surface area (Å²) in [5.41, 5.74) is 0.934. The summed E-state index contributed by atoms with van der Waals surface area (Å²) in [7, 11) is 0. The van der Waals surface area contributed by atoms with Gasteiger partial charge in [0.1, 0.15) is 12.4 Å². The van der Waals surface area contributed by atoms with Crippen LogP contribution in [0.5, 0.6) is 0 Å². The van der Waals surface area contributed by atoms with Crippen molar-refractivity contribution in [2.24, 2.45) is 0 Å². The first kappa shape index (κ1) is 14.2. The number of nitrogens with zero attached hydrogens (tertiary/aromatic N) is 2. The maximum atomic E-state index is 13.1. The molecule has 0 atom stereocenters. The zero-order chi connectivity index (χ0) is 14.5. The van der Waals surface area contributed by atoms with E-state index in [0.717, 1.165) is 18.4 Å². The molecule has 0 spiro atoms. The average molecular weight is 292 g/mol. The molecule has 21 heavy (non-hydrogen) atoms. The SMILES string of the molecule is Fc1ccc(C2(COCc3ncno3)CCOCC2)cc1. The van der Waals surface area contributed by atoms with Gasteiger partial charge in [-0.1, -0.05) is 17.3 Å². The second-order valence-electron chi connectivity index (χ2n) is 5.23. The predicted octanol–water partition coefficient (Wildman–Crippen LogP) is 2.47. The van der Waals surface area contributed by atoms with Crippen molar-refractivity contribution in [3.05, 3.63) is 47.9 Å². The van der Waals surface area contributed by atoms with Crippen LogP contribution >= 0.6 is 0 Å². The summed E-state index contributed by atoms with van der Waals surface area (Å²) in [6.45, 7) is 2.16. The first-order valence-electron chi connectivity index (χ1n) is 6.96. The number of benzene rings is 1. The van der Waals surface area contributed by atoms with E-state index in [4.69, 9.17) is 14.0 Å². The highest BCUT2D eigenvalue weighted by atomic mass is 19.1. The summed E-state index contributed by atoms with van der Waals surface area (Å²) in [6, 6.07) is 6.64. The maximum Gasteiger partial charge on any atom is 0.252 e. The summed E-state index contributed by atoms with van der Waals surface area (Å²) >= 11 is 0.